The van der Waals surface area contributed by atoms with Crippen molar-refractivity contribution in [1.29, 1.82) is 5.26 Å². The second kappa shape index (κ2) is 8.22. The molecule has 0 unspecified atom stereocenters. The van der Waals surface area contributed by atoms with Crippen molar-refractivity contribution in [3.05, 3.63) is 45.2 Å². The quantitative estimate of drug-likeness (QED) is 0.221. The van der Waals surface area contributed by atoms with Crippen molar-refractivity contribution in [1.82, 2.24) is 4.90 Å². The van der Waals surface area contributed by atoms with E-state index < -0.39 is 80.6 Å². The first-order valence-corrected chi connectivity index (χ1v) is 11.9. The predicted molar refractivity (Wildman–Crippen MR) is 134 cm³/mol. The molecule has 200 valence electrons. The molecule has 1 amide bonds. The average Bonchev–Trinajstić information content (AvgIpc) is 2.77. The SMILES string of the molecule is CCc1cc(C(C)=O)c(O)c2c1C[C@@]1(N)C[C@@]3(N)[C@H](N(C)C)C(=O)C(C(N)=O)=C(O)[C@@]3(C#N)C(=O)C1=C2O. The molecule has 12 nitrogen and oxygen atoms in total. The zero-order chi connectivity index (χ0) is 28.7. The van der Waals surface area contributed by atoms with Crippen LogP contribution in [0.4, 0.5) is 0 Å². The Morgan fingerprint density at radius 3 is 2.29 bits per heavy atom. The van der Waals surface area contributed by atoms with Gasteiger partial charge in [-0.3, -0.25) is 24.1 Å². The van der Waals surface area contributed by atoms with E-state index in [9.17, 15) is 39.8 Å². The largest absolute Gasteiger partial charge is 0.509 e. The second-order valence-corrected chi connectivity index (χ2v) is 10.5. The average molecular weight is 524 g/mol. The Labute approximate surface area is 218 Å². The van der Waals surface area contributed by atoms with E-state index in [0.29, 0.717) is 17.5 Å². The molecule has 12 heteroatoms. The minimum Gasteiger partial charge on any atom is -0.509 e. The Hall–Kier alpha value is -4.05. The molecule has 4 atom stereocenters. The van der Waals surface area contributed by atoms with Gasteiger partial charge < -0.3 is 32.5 Å². The summed E-state index contributed by atoms with van der Waals surface area (Å²) >= 11 is 0. The summed E-state index contributed by atoms with van der Waals surface area (Å²) in [7, 11) is 2.90. The number of rotatable bonds is 4. The van der Waals surface area contributed by atoms with Crippen molar-refractivity contribution in [2.45, 2.75) is 50.2 Å². The molecule has 9 N–H and O–H groups in total. The third-order valence-electron chi connectivity index (χ3n) is 8.10. The van der Waals surface area contributed by atoms with Crippen molar-refractivity contribution in [3.8, 4) is 11.8 Å². The van der Waals surface area contributed by atoms with Gasteiger partial charge in [0.1, 0.15) is 22.8 Å². The number of hydrogen-bond donors (Lipinski definition) is 6. The summed E-state index contributed by atoms with van der Waals surface area (Å²) in [6.07, 6.45) is -0.221. The Balaban J connectivity index is 2.16. The normalized spacial score (nSPS) is 30.5. The van der Waals surface area contributed by atoms with Gasteiger partial charge in [-0.2, -0.15) is 5.26 Å². The number of ketones is 3. The van der Waals surface area contributed by atoms with Crippen molar-refractivity contribution < 1.29 is 34.5 Å². The number of nitrogens with zero attached hydrogens (tertiary/aromatic N) is 2. The maximum atomic E-state index is 14.3. The molecule has 0 aliphatic heterocycles. The number of likely N-dealkylation sites (N-methyl/N-ethyl adjacent to an activating group) is 1. The summed E-state index contributed by atoms with van der Waals surface area (Å²) in [6.45, 7) is 3.03. The number of nitrogens with two attached hydrogens (primary N) is 3. The van der Waals surface area contributed by atoms with Crippen molar-refractivity contribution in [2.75, 3.05) is 14.1 Å². The molecular weight excluding hydrogens is 494 g/mol. The number of carbonyl (C=O) groups is 4. The number of Topliss-reactive ketones (excluding diaryl/α,β-unsaturated/α-hetero) is 3. The number of aryl methyl sites for hydroxylation is 1. The highest BCUT2D eigenvalue weighted by Crippen LogP contribution is 2.58. The van der Waals surface area contributed by atoms with Crippen LogP contribution in [0, 0.1) is 16.7 Å². The Bertz CT molecular complexity index is 1470. The molecule has 0 radical (unpaired) electrons. The molecule has 4 rings (SSSR count). The van der Waals surface area contributed by atoms with Gasteiger partial charge >= 0.3 is 0 Å². The Kier molecular flexibility index (Phi) is 5.84. The van der Waals surface area contributed by atoms with Crippen LogP contribution < -0.4 is 17.2 Å². The Morgan fingerprint density at radius 1 is 1.21 bits per heavy atom. The minimum absolute atomic E-state index is 0.0848. The van der Waals surface area contributed by atoms with Crippen molar-refractivity contribution >= 4 is 29.0 Å². The maximum absolute atomic E-state index is 14.3. The first-order valence-electron chi connectivity index (χ1n) is 11.9. The fourth-order valence-corrected chi connectivity index (χ4v) is 6.56. The number of primary amides is 1. The van der Waals surface area contributed by atoms with Gasteiger partial charge in [-0.1, -0.05) is 6.92 Å². The van der Waals surface area contributed by atoms with Crippen LogP contribution in [0.3, 0.4) is 0 Å². The monoisotopic (exact) mass is 523 g/mol. The molecule has 3 aliphatic carbocycles. The number of hydrogen-bond acceptors (Lipinski definition) is 11. The lowest BCUT2D eigenvalue weighted by molar-refractivity contribution is -0.139. The number of phenols is 1. The third kappa shape index (κ3) is 3.00. The highest BCUT2D eigenvalue weighted by atomic mass is 16.3. The van der Waals surface area contributed by atoms with Gasteiger partial charge in [-0.25, -0.2) is 0 Å². The van der Waals surface area contributed by atoms with E-state index in [1.54, 1.807) is 13.0 Å². The molecule has 0 saturated heterocycles. The highest BCUT2D eigenvalue weighted by molar-refractivity contribution is 6.25. The number of carbonyl (C=O) groups excluding carboxylic acids is 4. The van der Waals surface area contributed by atoms with Crippen LogP contribution in [0.5, 0.6) is 5.75 Å². The van der Waals surface area contributed by atoms with Crippen LogP contribution in [0.1, 0.15) is 47.3 Å². The summed E-state index contributed by atoms with van der Waals surface area (Å²) in [5, 5.41) is 44.0. The third-order valence-corrected chi connectivity index (χ3v) is 8.10. The zero-order valence-corrected chi connectivity index (χ0v) is 21.4. The van der Waals surface area contributed by atoms with E-state index in [1.807, 2.05) is 0 Å². The molecule has 0 bridgehead atoms. The molecule has 0 aromatic heterocycles. The number of benzene rings is 1. The number of phenolic OH excluding ortho intramolecular Hbond substituents is 1. The van der Waals surface area contributed by atoms with Gasteiger partial charge in [0, 0.05) is 0 Å². The standard InChI is InChI=1S/C26H29N5O7/c1-5-11-6-12(10(2)32)17(33)14-13(11)7-24(29)8-26(30)20(31(3)4)19(35)15(23(28)38)21(36)25(26,9-27)22(37)16(24)18(14)34/h6,20,33-34,36H,5,7-8,29-30H2,1-4H3,(H2,28,38)/t20-,24-,25+,26-/m1/s1. The van der Waals surface area contributed by atoms with Crippen LogP contribution in [0.15, 0.2) is 23.0 Å². The number of amides is 1. The van der Waals surface area contributed by atoms with Gasteiger partial charge in [0.25, 0.3) is 5.91 Å². The first kappa shape index (κ1) is 27.0. The number of aliphatic hydroxyl groups is 2. The number of aliphatic hydroxyl groups excluding tert-OH is 2. The van der Waals surface area contributed by atoms with Crippen LogP contribution in [-0.4, -0.2) is 74.7 Å². The summed E-state index contributed by atoms with van der Waals surface area (Å²) in [5.74, 6) is -6.63. The number of aromatic hydroxyl groups is 1. The first-order chi connectivity index (χ1) is 17.6. The summed E-state index contributed by atoms with van der Waals surface area (Å²) in [4.78, 5) is 53.4. The molecule has 1 saturated carbocycles. The minimum atomic E-state index is -2.73. The van der Waals surface area contributed by atoms with Crippen molar-refractivity contribution in [3.63, 3.8) is 0 Å². The topological polar surface area (TPSA) is 234 Å². The molecule has 3 aliphatic rings. The smallest absolute Gasteiger partial charge is 0.255 e. The molecule has 1 fully saturated rings. The van der Waals surface area contributed by atoms with E-state index in [-0.39, 0.29) is 17.5 Å². The maximum Gasteiger partial charge on any atom is 0.255 e. The molecule has 1 aromatic carbocycles. The fourth-order valence-electron chi connectivity index (χ4n) is 6.56. The summed E-state index contributed by atoms with van der Waals surface area (Å²) in [5.41, 5.74) is 11.5. The second-order valence-electron chi connectivity index (χ2n) is 10.5. The van der Waals surface area contributed by atoms with Gasteiger partial charge in [0.2, 0.25) is 0 Å². The van der Waals surface area contributed by atoms with E-state index in [1.165, 1.54) is 32.0 Å². The van der Waals surface area contributed by atoms with Crippen LogP contribution in [-0.2, 0) is 27.2 Å². The van der Waals surface area contributed by atoms with E-state index in [0.717, 1.165) is 0 Å². The van der Waals surface area contributed by atoms with E-state index >= 15 is 0 Å². The van der Waals surface area contributed by atoms with E-state index in [2.05, 4.69) is 0 Å². The lowest BCUT2D eigenvalue weighted by Gasteiger charge is -2.58. The molecular formula is C26H29N5O7. The number of fused-ring (bicyclic) bond motifs is 3. The highest BCUT2D eigenvalue weighted by Gasteiger charge is 2.74. The van der Waals surface area contributed by atoms with E-state index in [4.69, 9.17) is 17.2 Å². The fraction of sp³-hybridized carbons (Fsp3) is 0.423. The lowest BCUT2D eigenvalue weighted by atomic mass is 9.47. The summed E-state index contributed by atoms with van der Waals surface area (Å²) in [6, 6.07) is 1.73. The molecule has 1 aromatic rings. The van der Waals surface area contributed by atoms with Crippen LogP contribution >= 0.6 is 0 Å². The molecule has 0 spiro atoms. The van der Waals surface area contributed by atoms with Gasteiger partial charge in [0.15, 0.2) is 22.8 Å². The van der Waals surface area contributed by atoms with Crippen molar-refractivity contribution in [2.24, 2.45) is 22.6 Å². The van der Waals surface area contributed by atoms with Crippen LogP contribution in [0.25, 0.3) is 5.76 Å². The van der Waals surface area contributed by atoms with Gasteiger partial charge in [-0.15, -0.1) is 0 Å². The summed E-state index contributed by atoms with van der Waals surface area (Å²) < 4.78 is 0. The van der Waals surface area contributed by atoms with Gasteiger partial charge in [-0.05, 0) is 57.5 Å². The van der Waals surface area contributed by atoms with Crippen LogP contribution in [0.2, 0.25) is 0 Å². The molecule has 38 heavy (non-hydrogen) atoms. The van der Waals surface area contributed by atoms with Gasteiger partial charge in [0.05, 0.1) is 39.9 Å². The lowest BCUT2D eigenvalue weighted by Crippen LogP contribution is -2.80. The predicted octanol–water partition coefficient (Wildman–Crippen LogP) is -0.330. The number of nitriles is 1. The zero-order valence-electron chi connectivity index (χ0n) is 21.4. The Morgan fingerprint density at radius 2 is 1.82 bits per heavy atom. The molecule has 0 heterocycles.